The Kier molecular flexibility index (Phi) is 3.16. The molecule has 1 saturated carbocycles. The van der Waals surface area contributed by atoms with Crippen LogP contribution in [0.25, 0.3) is 0 Å². The Hall–Kier alpha value is -1.43. The molecule has 1 aliphatic heterocycles. The van der Waals surface area contributed by atoms with Crippen molar-refractivity contribution in [3.05, 3.63) is 35.6 Å². The van der Waals surface area contributed by atoms with Crippen LogP contribution >= 0.6 is 0 Å². The summed E-state index contributed by atoms with van der Waals surface area (Å²) in [7, 11) is 0. The molecule has 0 aromatic carbocycles. The molecule has 136 valence electrons. The van der Waals surface area contributed by atoms with Gasteiger partial charge in [0.05, 0.1) is 11.5 Å². The highest BCUT2D eigenvalue weighted by Gasteiger charge is 2.70. The number of ether oxygens (including phenoxy) is 1. The SMILES string of the molecule is C=C[C@]1(C)C=C2C(=O)C3=C4[C@](C)(CCC[C@]4(C)[C@]2(O)[C@@H](O)C1)[C@H](O)O3. The molecule has 0 unspecified atom stereocenters. The Morgan fingerprint density at radius 1 is 1.28 bits per heavy atom. The van der Waals surface area contributed by atoms with Gasteiger partial charge in [-0.25, -0.2) is 0 Å². The molecule has 5 heteroatoms. The molecule has 0 bridgehead atoms. The molecule has 0 spiro atoms. The van der Waals surface area contributed by atoms with Gasteiger partial charge in [-0.15, -0.1) is 6.58 Å². The number of hydrogen-bond donors (Lipinski definition) is 3. The standard InChI is InChI=1S/C20H26O5/c1-5-17(2)9-11-13(22)14-15-18(3,16(23)25-14)7-6-8-19(15,4)20(11,24)12(21)10-17/h5,9,12,16,21,23-24H,1,6-8,10H2,2-4H3/t12-,16+,17+,18-,19-,20+/m0/s1. The molecule has 4 aliphatic rings. The van der Waals surface area contributed by atoms with Crippen LogP contribution in [-0.4, -0.2) is 39.1 Å². The number of carbonyl (C=O) groups excluding carboxylic acids is 1. The number of aliphatic hydroxyl groups excluding tert-OH is 2. The van der Waals surface area contributed by atoms with E-state index in [4.69, 9.17) is 4.74 Å². The highest BCUT2D eigenvalue weighted by Crippen LogP contribution is 2.67. The molecule has 6 atom stereocenters. The van der Waals surface area contributed by atoms with E-state index in [2.05, 4.69) is 6.58 Å². The molecule has 1 heterocycles. The zero-order chi connectivity index (χ0) is 18.4. The van der Waals surface area contributed by atoms with Crippen molar-refractivity contribution in [1.29, 1.82) is 0 Å². The molecule has 0 aromatic rings. The lowest BCUT2D eigenvalue weighted by Crippen LogP contribution is -2.65. The topological polar surface area (TPSA) is 87.0 Å². The van der Waals surface area contributed by atoms with Crippen molar-refractivity contribution in [1.82, 2.24) is 0 Å². The van der Waals surface area contributed by atoms with Crippen molar-refractivity contribution in [3.8, 4) is 0 Å². The number of aliphatic hydroxyl groups is 3. The number of carbonyl (C=O) groups is 1. The largest absolute Gasteiger partial charge is 0.460 e. The molecule has 3 aliphatic carbocycles. The van der Waals surface area contributed by atoms with Crippen LogP contribution in [0.1, 0.15) is 46.5 Å². The Balaban J connectivity index is 2.03. The monoisotopic (exact) mass is 346 g/mol. The fraction of sp³-hybridized carbons (Fsp3) is 0.650. The van der Waals surface area contributed by atoms with Gasteiger partial charge in [0.1, 0.15) is 5.60 Å². The van der Waals surface area contributed by atoms with Crippen molar-refractivity contribution in [2.45, 2.75) is 64.4 Å². The minimum absolute atomic E-state index is 0.161. The third-order valence-electron chi connectivity index (χ3n) is 7.26. The number of ketones is 1. The Morgan fingerprint density at radius 2 is 1.96 bits per heavy atom. The van der Waals surface area contributed by atoms with Gasteiger partial charge in [-0.1, -0.05) is 32.4 Å². The van der Waals surface area contributed by atoms with Crippen LogP contribution in [0.4, 0.5) is 0 Å². The molecule has 0 aromatic heterocycles. The summed E-state index contributed by atoms with van der Waals surface area (Å²) in [6, 6.07) is 0. The second-order valence-electron chi connectivity index (χ2n) is 8.86. The summed E-state index contributed by atoms with van der Waals surface area (Å²) in [5.74, 6) is -0.264. The summed E-state index contributed by atoms with van der Waals surface area (Å²) in [5, 5.41) is 33.2. The molecule has 0 saturated heterocycles. The first-order valence-electron chi connectivity index (χ1n) is 8.95. The molecular weight excluding hydrogens is 320 g/mol. The predicted octanol–water partition coefficient (Wildman–Crippen LogP) is 1.98. The minimum Gasteiger partial charge on any atom is -0.460 e. The normalized spacial score (nSPS) is 51.4. The number of Topliss-reactive ketones (excluding diaryl/α,β-unsaturated/α-hetero) is 1. The molecule has 1 fully saturated rings. The third kappa shape index (κ3) is 1.72. The second kappa shape index (κ2) is 4.64. The highest BCUT2D eigenvalue weighted by molar-refractivity contribution is 6.11. The highest BCUT2D eigenvalue weighted by atomic mass is 16.6. The van der Waals surface area contributed by atoms with Gasteiger partial charge in [0.2, 0.25) is 12.1 Å². The summed E-state index contributed by atoms with van der Waals surface area (Å²) in [4.78, 5) is 13.2. The second-order valence-corrected chi connectivity index (χ2v) is 8.86. The van der Waals surface area contributed by atoms with Crippen molar-refractivity contribution in [2.24, 2.45) is 16.2 Å². The van der Waals surface area contributed by atoms with Gasteiger partial charge >= 0.3 is 0 Å². The summed E-state index contributed by atoms with van der Waals surface area (Å²) in [6.45, 7) is 9.46. The van der Waals surface area contributed by atoms with Gasteiger partial charge in [0.25, 0.3) is 0 Å². The van der Waals surface area contributed by atoms with E-state index in [9.17, 15) is 20.1 Å². The van der Waals surface area contributed by atoms with Crippen LogP contribution in [0.5, 0.6) is 0 Å². The maximum atomic E-state index is 13.2. The lowest BCUT2D eigenvalue weighted by Gasteiger charge is -2.58. The Bertz CT molecular complexity index is 751. The van der Waals surface area contributed by atoms with Gasteiger partial charge in [0.15, 0.2) is 5.76 Å². The van der Waals surface area contributed by atoms with E-state index in [0.29, 0.717) is 24.8 Å². The molecule has 3 N–H and O–H groups in total. The van der Waals surface area contributed by atoms with E-state index in [0.717, 1.165) is 6.42 Å². The fourth-order valence-corrected chi connectivity index (χ4v) is 5.71. The average Bonchev–Trinajstić information content (AvgIpc) is 2.82. The average molecular weight is 346 g/mol. The molecular formula is C20H26O5. The van der Waals surface area contributed by atoms with Gasteiger partial charge in [-0.05, 0) is 31.8 Å². The number of hydrogen-bond acceptors (Lipinski definition) is 5. The first kappa shape index (κ1) is 17.0. The van der Waals surface area contributed by atoms with Crippen LogP contribution in [0.15, 0.2) is 35.6 Å². The van der Waals surface area contributed by atoms with Crippen LogP contribution < -0.4 is 0 Å². The molecule has 0 amide bonds. The van der Waals surface area contributed by atoms with E-state index in [-0.39, 0.29) is 11.3 Å². The minimum atomic E-state index is -1.68. The van der Waals surface area contributed by atoms with Crippen LogP contribution in [0.2, 0.25) is 0 Å². The number of rotatable bonds is 1. The van der Waals surface area contributed by atoms with E-state index >= 15 is 0 Å². The summed E-state index contributed by atoms with van der Waals surface area (Å²) in [6.07, 6.45) is 3.60. The van der Waals surface area contributed by atoms with Crippen molar-refractivity contribution < 1.29 is 24.9 Å². The summed E-state index contributed by atoms with van der Waals surface area (Å²) < 4.78 is 5.62. The van der Waals surface area contributed by atoms with Crippen LogP contribution in [0, 0.1) is 16.2 Å². The van der Waals surface area contributed by atoms with Crippen molar-refractivity contribution in [2.75, 3.05) is 0 Å². The molecule has 25 heavy (non-hydrogen) atoms. The van der Waals surface area contributed by atoms with Crippen LogP contribution in [0.3, 0.4) is 0 Å². The van der Waals surface area contributed by atoms with Crippen molar-refractivity contribution in [3.63, 3.8) is 0 Å². The number of fused-ring (bicyclic) bond motifs is 2. The number of allylic oxidation sites excluding steroid dienone is 3. The predicted molar refractivity (Wildman–Crippen MR) is 91.2 cm³/mol. The zero-order valence-electron chi connectivity index (χ0n) is 15.0. The van der Waals surface area contributed by atoms with Gasteiger partial charge in [-0.2, -0.15) is 0 Å². The summed E-state index contributed by atoms with van der Waals surface area (Å²) in [5.41, 5.74) is -2.98. The fourth-order valence-electron chi connectivity index (χ4n) is 5.71. The van der Waals surface area contributed by atoms with E-state index in [1.807, 2.05) is 20.8 Å². The molecule has 5 nitrogen and oxygen atoms in total. The smallest absolute Gasteiger partial charge is 0.226 e. The first-order valence-corrected chi connectivity index (χ1v) is 8.95. The third-order valence-corrected chi connectivity index (χ3v) is 7.26. The Morgan fingerprint density at radius 3 is 2.60 bits per heavy atom. The maximum absolute atomic E-state index is 13.2. The molecule has 0 radical (unpaired) electrons. The van der Waals surface area contributed by atoms with E-state index in [1.165, 1.54) is 0 Å². The lowest BCUT2D eigenvalue weighted by molar-refractivity contribution is -0.157. The quantitative estimate of drug-likeness (QED) is 0.632. The van der Waals surface area contributed by atoms with Gasteiger partial charge in [-0.3, -0.25) is 4.79 Å². The zero-order valence-corrected chi connectivity index (χ0v) is 15.0. The Labute approximate surface area is 147 Å². The van der Waals surface area contributed by atoms with Crippen LogP contribution in [-0.2, 0) is 9.53 Å². The lowest BCUT2D eigenvalue weighted by atomic mass is 9.46. The first-order chi connectivity index (χ1) is 11.5. The molecule has 4 rings (SSSR count). The van der Waals surface area contributed by atoms with Crippen molar-refractivity contribution >= 4 is 5.78 Å². The van der Waals surface area contributed by atoms with E-state index < -0.39 is 40.0 Å². The van der Waals surface area contributed by atoms with Gasteiger partial charge in [0, 0.05) is 16.4 Å². The summed E-state index contributed by atoms with van der Waals surface area (Å²) >= 11 is 0. The van der Waals surface area contributed by atoms with E-state index in [1.54, 1.807) is 12.2 Å². The maximum Gasteiger partial charge on any atom is 0.226 e. The van der Waals surface area contributed by atoms with Gasteiger partial charge < -0.3 is 20.1 Å².